The number of halogens is 2. The summed E-state index contributed by atoms with van der Waals surface area (Å²) in [5.74, 6) is 0. The number of hydrogen-bond acceptors (Lipinski definition) is 1. The van der Waals surface area contributed by atoms with Crippen molar-refractivity contribution in [3.63, 3.8) is 0 Å². The first-order chi connectivity index (χ1) is 6.68. The highest BCUT2D eigenvalue weighted by Gasteiger charge is 2.21. The van der Waals surface area contributed by atoms with Gasteiger partial charge in [0.15, 0.2) is 0 Å². The van der Waals surface area contributed by atoms with E-state index in [2.05, 4.69) is 0 Å². The summed E-state index contributed by atoms with van der Waals surface area (Å²) < 4.78 is 25.9. The van der Waals surface area contributed by atoms with Crippen LogP contribution in [0.15, 0.2) is 12.3 Å². The molecule has 2 rings (SSSR count). The number of aliphatic hydroxyl groups is 1. The van der Waals surface area contributed by atoms with Crippen molar-refractivity contribution in [1.29, 1.82) is 0 Å². The molecular formula is C10H13F2NO. The van der Waals surface area contributed by atoms with E-state index in [1.807, 2.05) is 0 Å². The number of alkyl halides is 2. The van der Waals surface area contributed by atoms with Crippen molar-refractivity contribution < 1.29 is 13.9 Å². The molecule has 0 aromatic carbocycles. The molecule has 1 aromatic heterocycles. The van der Waals surface area contributed by atoms with Crippen LogP contribution in [0.5, 0.6) is 0 Å². The molecular weight excluding hydrogens is 188 g/mol. The molecule has 0 radical (unpaired) electrons. The quantitative estimate of drug-likeness (QED) is 0.779. The van der Waals surface area contributed by atoms with Gasteiger partial charge in [0.1, 0.15) is 0 Å². The summed E-state index contributed by atoms with van der Waals surface area (Å²) in [6.07, 6.45) is 1.27. The third kappa shape index (κ3) is 1.66. The normalized spacial score (nSPS) is 21.3. The summed E-state index contributed by atoms with van der Waals surface area (Å²) in [7, 11) is 0. The Morgan fingerprint density at radius 1 is 1.57 bits per heavy atom. The second-order valence-electron chi connectivity index (χ2n) is 3.67. The molecule has 14 heavy (non-hydrogen) atoms. The van der Waals surface area contributed by atoms with Crippen molar-refractivity contribution >= 4 is 0 Å². The number of aromatic nitrogens is 1. The number of hydrogen-bond donors (Lipinski definition) is 1. The van der Waals surface area contributed by atoms with Crippen LogP contribution in [-0.2, 0) is 13.0 Å². The first-order valence-electron chi connectivity index (χ1n) is 4.82. The largest absolute Gasteiger partial charge is 0.388 e. The van der Waals surface area contributed by atoms with Crippen molar-refractivity contribution in [1.82, 2.24) is 4.57 Å². The fraction of sp³-hybridized carbons (Fsp3) is 0.600. The van der Waals surface area contributed by atoms with Gasteiger partial charge in [-0.25, -0.2) is 8.78 Å². The van der Waals surface area contributed by atoms with E-state index in [0.717, 1.165) is 30.5 Å². The predicted octanol–water partition coefficient (Wildman–Crippen LogP) is 2.12. The number of nitrogens with zero attached hydrogens (tertiary/aromatic N) is 1. The van der Waals surface area contributed by atoms with Crippen molar-refractivity contribution in [2.24, 2.45) is 0 Å². The molecule has 0 saturated heterocycles. The summed E-state index contributed by atoms with van der Waals surface area (Å²) in [6, 6.07) is 1.75. The third-order valence-corrected chi connectivity index (χ3v) is 2.70. The van der Waals surface area contributed by atoms with Gasteiger partial charge < -0.3 is 9.67 Å². The lowest BCUT2D eigenvalue weighted by Crippen LogP contribution is -2.14. The van der Waals surface area contributed by atoms with E-state index in [1.54, 1.807) is 16.8 Å². The summed E-state index contributed by atoms with van der Waals surface area (Å²) in [6.45, 7) is -0.262. The zero-order valence-corrected chi connectivity index (χ0v) is 7.79. The van der Waals surface area contributed by atoms with Gasteiger partial charge in [-0.1, -0.05) is 0 Å². The Balaban J connectivity index is 2.26. The van der Waals surface area contributed by atoms with Crippen molar-refractivity contribution in [3.05, 3.63) is 23.5 Å². The molecule has 0 amide bonds. The zero-order valence-electron chi connectivity index (χ0n) is 7.79. The Labute approximate surface area is 81.2 Å². The minimum atomic E-state index is -2.33. The second kappa shape index (κ2) is 3.69. The highest BCUT2D eigenvalue weighted by atomic mass is 19.3. The van der Waals surface area contributed by atoms with Crippen LogP contribution in [0, 0.1) is 0 Å². The zero-order chi connectivity index (χ0) is 10.1. The van der Waals surface area contributed by atoms with E-state index in [4.69, 9.17) is 0 Å². The van der Waals surface area contributed by atoms with Gasteiger partial charge in [-0.3, -0.25) is 0 Å². The molecule has 0 bridgehead atoms. The number of fused-ring (bicyclic) bond motifs is 1. The first kappa shape index (κ1) is 9.65. The molecule has 0 saturated carbocycles. The van der Waals surface area contributed by atoms with Crippen molar-refractivity contribution in [2.75, 3.05) is 0 Å². The van der Waals surface area contributed by atoms with Crippen LogP contribution in [0.2, 0.25) is 0 Å². The molecule has 0 spiro atoms. The third-order valence-electron chi connectivity index (χ3n) is 2.70. The van der Waals surface area contributed by atoms with Crippen LogP contribution in [0.25, 0.3) is 0 Å². The van der Waals surface area contributed by atoms with Crippen molar-refractivity contribution in [3.8, 4) is 0 Å². The van der Waals surface area contributed by atoms with Gasteiger partial charge in [-0.15, -0.1) is 0 Å². The lowest BCUT2D eigenvalue weighted by atomic mass is 9.95. The van der Waals surface area contributed by atoms with Crippen LogP contribution in [-0.4, -0.2) is 16.1 Å². The molecule has 1 atom stereocenters. The van der Waals surface area contributed by atoms with E-state index < -0.39 is 12.5 Å². The number of rotatable bonds is 2. The smallest absolute Gasteiger partial charge is 0.256 e. The van der Waals surface area contributed by atoms with Gasteiger partial charge >= 0.3 is 0 Å². The Bertz CT molecular complexity index is 322. The van der Waals surface area contributed by atoms with Gasteiger partial charge in [0, 0.05) is 17.5 Å². The highest BCUT2D eigenvalue weighted by Crippen LogP contribution is 2.30. The van der Waals surface area contributed by atoms with E-state index in [-0.39, 0.29) is 6.54 Å². The van der Waals surface area contributed by atoms with Gasteiger partial charge in [-0.05, 0) is 25.3 Å². The predicted molar refractivity (Wildman–Crippen MR) is 48.3 cm³/mol. The maximum Gasteiger partial charge on any atom is 0.256 e. The fourth-order valence-electron chi connectivity index (χ4n) is 2.05. The van der Waals surface area contributed by atoms with Crippen LogP contribution < -0.4 is 0 Å². The molecule has 4 heteroatoms. The molecule has 1 aromatic rings. The Morgan fingerprint density at radius 2 is 2.36 bits per heavy atom. The minimum absolute atomic E-state index is 0.262. The fourth-order valence-corrected chi connectivity index (χ4v) is 2.05. The van der Waals surface area contributed by atoms with Crippen LogP contribution in [0.4, 0.5) is 8.78 Å². The van der Waals surface area contributed by atoms with Crippen LogP contribution in [0.3, 0.4) is 0 Å². The van der Waals surface area contributed by atoms with Crippen molar-refractivity contribution in [2.45, 2.75) is 38.3 Å². The maximum absolute atomic E-state index is 12.2. The van der Waals surface area contributed by atoms with Gasteiger partial charge in [-0.2, -0.15) is 0 Å². The maximum atomic E-state index is 12.2. The van der Waals surface area contributed by atoms with Gasteiger partial charge in [0.2, 0.25) is 0 Å². The lowest BCUT2D eigenvalue weighted by Gasteiger charge is -2.19. The highest BCUT2D eigenvalue weighted by molar-refractivity contribution is 5.27. The Hall–Kier alpha value is -0.900. The Kier molecular flexibility index (Phi) is 2.54. The van der Waals surface area contributed by atoms with E-state index >= 15 is 0 Å². The summed E-state index contributed by atoms with van der Waals surface area (Å²) in [5.41, 5.74) is 1.71. The molecule has 0 aliphatic heterocycles. The average Bonchev–Trinajstić information content (AvgIpc) is 2.49. The summed E-state index contributed by atoms with van der Waals surface area (Å²) in [5, 5.41) is 9.61. The number of aliphatic hydroxyl groups excluding tert-OH is 1. The van der Waals surface area contributed by atoms with E-state index in [9.17, 15) is 13.9 Å². The Morgan fingerprint density at radius 3 is 3.07 bits per heavy atom. The van der Waals surface area contributed by atoms with Crippen LogP contribution >= 0.6 is 0 Å². The molecule has 1 aliphatic rings. The minimum Gasteiger partial charge on any atom is -0.388 e. The average molecular weight is 201 g/mol. The lowest BCUT2D eigenvalue weighted by molar-refractivity contribution is 0.123. The second-order valence-corrected chi connectivity index (χ2v) is 3.67. The summed E-state index contributed by atoms with van der Waals surface area (Å²) >= 11 is 0. The summed E-state index contributed by atoms with van der Waals surface area (Å²) in [4.78, 5) is 0. The standard InChI is InChI=1S/C10H13F2NO/c11-10(12)6-13-5-4-7-8(13)2-1-3-9(7)14/h4-5,9-10,14H,1-3,6H2. The molecule has 1 unspecified atom stereocenters. The molecule has 1 N–H and O–H groups in total. The molecule has 2 nitrogen and oxygen atoms in total. The monoisotopic (exact) mass is 201 g/mol. The van der Waals surface area contributed by atoms with Gasteiger partial charge in [0.05, 0.1) is 12.6 Å². The van der Waals surface area contributed by atoms with E-state index in [1.165, 1.54) is 0 Å². The van der Waals surface area contributed by atoms with Gasteiger partial charge in [0.25, 0.3) is 6.43 Å². The molecule has 1 heterocycles. The molecule has 78 valence electrons. The molecule has 1 aliphatic carbocycles. The molecule has 0 fully saturated rings. The van der Waals surface area contributed by atoms with Crippen LogP contribution in [0.1, 0.15) is 30.2 Å². The SMILES string of the molecule is OC1CCCc2c1ccn2CC(F)F. The topological polar surface area (TPSA) is 25.2 Å². The first-order valence-corrected chi connectivity index (χ1v) is 4.82. The van der Waals surface area contributed by atoms with E-state index in [0.29, 0.717) is 0 Å².